The number of fused-ring (bicyclic) bond motifs is 6. The number of carbonyl (C=O) groups excluding carboxylic acids is 1. The van der Waals surface area contributed by atoms with Crippen LogP contribution in [0.5, 0.6) is 0 Å². The van der Waals surface area contributed by atoms with Crippen molar-refractivity contribution in [3.63, 3.8) is 0 Å². The smallest absolute Gasteiger partial charge is 0.154 e. The van der Waals surface area contributed by atoms with Crippen LogP contribution in [0.4, 0.5) is 0 Å². The molecule has 4 aliphatic rings. The average Bonchev–Trinajstić information content (AvgIpc) is 3.15. The Morgan fingerprint density at radius 1 is 1.06 bits per heavy atom. The zero-order valence-corrected chi connectivity index (χ0v) is 22.2. The Hall–Kier alpha value is -1.20. The second-order valence-electron chi connectivity index (χ2n) is 13.0. The molecule has 6 rings (SSSR count). The van der Waals surface area contributed by atoms with E-state index in [1.807, 2.05) is 4.68 Å². The van der Waals surface area contributed by atoms with Crippen LogP contribution in [-0.2, 0) is 11.3 Å². The minimum atomic E-state index is -0.470. The van der Waals surface area contributed by atoms with Crippen LogP contribution in [0.2, 0.25) is 0 Å². The van der Waals surface area contributed by atoms with Crippen molar-refractivity contribution in [3.8, 4) is 0 Å². The van der Waals surface area contributed by atoms with Gasteiger partial charge in [0, 0.05) is 16.3 Å². The molecule has 8 atom stereocenters. The molecule has 5 heteroatoms. The van der Waals surface area contributed by atoms with Crippen LogP contribution in [-0.4, -0.2) is 27.4 Å². The van der Waals surface area contributed by atoms with Gasteiger partial charge in [0.05, 0.1) is 12.1 Å². The molecule has 1 N–H and O–H groups in total. The van der Waals surface area contributed by atoms with Crippen LogP contribution in [0.15, 0.2) is 23.1 Å². The number of thioether (sulfide) groups is 1. The third-order valence-electron chi connectivity index (χ3n) is 11.3. The maximum absolute atomic E-state index is 13.7. The van der Waals surface area contributed by atoms with Crippen LogP contribution in [0.25, 0.3) is 11.0 Å². The van der Waals surface area contributed by atoms with E-state index in [1.165, 1.54) is 43.4 Å². The molecular weight excluding hydrogens is 440 g/mol. The SMILES string of the molecule is CSc1ccc2[n-]n(CC(=O)[C@H]3CC[C@H]4C5CC[C@@H]6C[C@](C)(O)CCC6(C)[C@H]5CC[C@]34C)c2c1. The zero-order chi connectivity index (χ0) is 23.9. The first-order valence-corrected chi connectivity index (χ1v) is 14.8. The Kier molecular flexibility index (Phi) is 5.39. The normalized spacial score (nSPS) is 44.0. The van der Waals surface area contributed by atoms with Gasteiger partial charge < -0.3 is 14.9 Å². The van der Waals surface area contributed by atoms with E-state index in [1.54, 1.807) is 11.8 Å². The molecule has 1 heterocycles. The Labute approximate surface area is 208 Å². The van der Waals surface area contributed by atoms with Gasteiger partial charge in [-0.25, -0.2) is 0 Å². The molecule has 2 unspecified atom stereocenters. The Balaban J connectivity index is 1.20. The van der Waals surface area contributed by atoms with Crippen LogP contribution in [0, 0.1) is 40.4 Å². The summed E-state index contributed by atoms with van der Waals surface area (Å²) in [4.78, 5) is 14.9. The first-order chi connectivity index (χ1) is 16.1. The molecule has 1 aromatic heterocycles. The lowest BCUT2D eigenvalue weighted by Crippen LogP contribution is -2.55. The van der Waals surface area contributed by atoms with Gasteiger partial charge in [-0.05, 0) is 118 Å². The highest BCUT2D eigenvalue weighted by Gasteiger charge is 2.61. The van der Waals surface area contributed by atoms with Crippen molar-refractivity contribution in [3.05, 3.63) is 18.2 Å². The summed E-state index contributed by atoms with van der Waals surface area (Å²) >= 11 is 1.74. The molecule has 0 saturated heterocycles. The monoisotopic (exact) mass is 481 g/mol. The maximum Gasteiger partial charge on any atom is 0.154 e. The highest BCUT2D eigenvalue weighted by atomic mass is 32.2. The molecule has 0 radical (unpaired) electrons. The fourth-order valence-corrected chi connectivity index (χ4v) is 9.83. The van der Waals surface area contributed by atoms with Gasteiger partial charge in [-0.3, -0.25) is 4.79 Å². The molecule has 186 valence electrons. The second-order valence-corrected chi connectivity index (χ2v) is 13.9. The van der Waals surface area contributed by atoms with E-state index >= 15 is 0 Å². The van der Waals surface area contributed by atoms with Crippen molar-refractivity contribution < 1.29 is 9.90 Å². The summed E-state index contributed by atoms with van der Waals surface area (Å²) in [6.45, 7) is 7.49. The van der Waals surface area contributed by atoms with Gasteiger partial charge in [0.25, 0.3) is 0 Å². The molecule has 34 heavy (non-hydrogen) atoms. The molecule has 4 nitrogen and oxygen atoms in total. The lowest BCUT2D eigenvalue weighted by molar-refractivity contribution is -0.151. The second kappa shape index (κ2) is 7.90. The number of nitrogens with zero attached hydrogens (tertiary/aromatic N) is 2. The molecule has 1 aromatic carbocycles. The standard InChI is InChI=1S/C29H41N2O2S/c1-27(33)13-14-28(2)18(16-27)5-7-20-21-8-9-23(29(21,3)12-11-22(20)28)26(32)17-31-25-15-19(34-4)6-10-24(25)30-31/h6,10,15,18,20-23,33H,5,7-9,11-14,16-17H2,1-4H3/q-1/t18-,20?,21+,22+,23-,27-,28?,29+/m1/s1. The topological polar surface area (TPSA) is 56.3 Å². The lowest BCUT2D eigenvalue weighted by atomic mass is 9.44. The molecule has 4 saturated carbocycles. The van der Waals surface area contributed by atoms with E-state index < -0.39 is 5.60 Å². The molecule has 4 fully saturated rings. The van der Waals surface area contributed by atoms with Crippen molar-refractivity contribution in [2.75, 3.05) is 6.26 Å². The quantitative estimate of drug-likeness (QED) is 0.521. The highest BCUT2D eigenvalue weighted by molar-refractivity contribution is 7.98. The molecular formula is C29H41N2O2S-. The number of rotatable bonds is 4. The van der Waals surface area contributed by atoms with E-state index in [9.17, 15) is 9.90 Å². The minimum absolute atomic E-state index is 0.149. The van der Waals surface area contributed by atoms with Crippen LogP contribution in [0.3, 0.4) is 0 Å². The van der Waals surface area contributed by atoms with Crippen molar-refractivity contribution >= 4 is 28.6 Å². The Morgan fingerprint density at radius 3 is 2.65 bits per heavy atom. The number of aromatic nitrogens is 2. The summed E-state index contributed by atoms with van der Waals surface area (Å²) in [6.07, 6.45) is 12.5. The summed E-state index contributed by atoms with van der Waals surface area (Å²) in [5, 5.41) is 15.4. The van der Waals surface area contributed by atoms with E-state index in [2.05, 4.69) is 50.3 Å². The molecule has 0 amide bonds. The molecule has 4 aliphatic carbocycles. The number of hydrogen-bond acceptors (Lipinski definition) is 3. The molecule has 2 aromatic rings. The number of Topliss-reactive ketones (excluding diaryl/α,β-unsaturated/α-hetero) is 1. The van der Waals surface area contributed by atoms with E-state index in [0.29, 0.717) is 29.6 Å². The molecule has 0 bridgehead atoms. The fraction of sp³-hybridized carbons (Fsp3) is 0.759. The van der Waals surface area contributed by atoms with Gasteiger partial charge in [-0.2, -0.15) is 0 Å². The highest BCUT2D eigenvalue weighted by Crippen LogP contribution is 2.68. The summed E-state index contributed by atoms with van der Waals surface area (Å²) in [5.74, 6) is 3.47. The van der Waals surface area contributed by atoms with Gasteiger partial charge in [0.15, 0.2) is 5.78 Å². The number of ketones is 1. The number of benzene rings is 1. The van der Waals surface area contributed by atoms with Crippen molar-refractivity contribution in [1.29, 1.82) is 0 Å². The third kappa shape index (κ3) is 3.39. The van der Waals surface area contributed by atoms with Crippen molar-refractivity contribution in [2.24, 2.45) is 40.4 Å². The summed E-state index contributed by atoms with van der Waals surface area (Å²) in [7, 11) is 0. The van der Waals surface area contributed by atoms with Gasteiger partial charge in [-0.15, -0.1) is 17.3 Å². The van der Waals surface area contributed by atoms with Crippen LogP contribution < -0.4 is 5.10 Å². The zero-order valence-electron chi connectivity index (χ0n) is 21.3. The maximum atomic E-state index is 13.7. The summed E-state index contributed by atoms with van der Waals surface area (Å²) < 4.78 is 1.94. The van der Waals surface area contributed by atoms with Crippen molar-refractivity contribution in [1.82, 2.24) is 9.78 Å². The van der Waals surface area contributed by atoms with Crippen molar-refractivity contribution in [2.45, 2.75) is 95.6 Å². The number of aliphatic hydroxyl groups is 1. The minimum Gasteiger partial charge on any atom is -0.593 e. The predicted molar refractivity (Wildman–Crippen MR) is 138 cm³/mol. The lowest BCUT2D eigenvalue weighted by Gasteiger charge is -2.61. The van der Waals surface area contributed by atoms with Gasteiger partial charge in [0.1, 0.15) is 0 Å². The Bertz CT molecular complexity index is 1100. The average molecular weight is 482 g/mol. The van der Waals surface area contributed by atoms with Gasteiger partial charge in [-0.1, -0.05) is 19.9 Å². The molecule has 0 aliphatic heterocycles. The van der Waals surface area contributed by atoms with Gasteiger partial charge in [0.2, 0.25) is 0 Å². The first kappa shape index (κ1) is 23.2. The summed E-state index contributed by atoms with van der Waals surface area (Å²) in [5.41, 5.74) is 2.18. The third-order valence-corrected chi connectivity index (χ3v) is 12.1. The fourth-order valence-electron chi connectivity index (χ4n) is 9.40. The number of hydrogen-bond donors (Lipinski definition) is 1. The van der Waals surface area contributed by atoms with Crippen LogP contribution in [0.1, 0.15) is 78.6 Å². The van der Waals surface area contributed by atoms with E-state index in [0.717, 1.165) is 42.1 Å². The summed E-state index contributed by atoms with van der Waals surface area (Å²) in [6, 6.07) is 6.35. The Morgan fingerprint density at radius 2 is 1.85 bits per heavy atom. The van der Waals surface area contributed by atoms with Gasteiger partial charge >= 0.3 is 0 Å². The largest absolute Gasteiger partial charge is 0.593 e. The van der Waals surface area contributed by atoms with E-state index in [4.69, 9.17) is 0 Å². The number of carbonyl (C=O) groups is 1. The first-order valence-electron chi connectivity index (χ1n) is 13.6. The molecule has 0 spiro atoms. The van der Waals surface area contributed by atoms with E-state index in [-0.39, 0.29) is 11.3 Å². The van der Waals surface area contributed by atoms with Crippen LogP contribution >= 0.6 is 11.8 Å². The predicted octanol–water partition coefficient (Wildman–Crippen LogP) is 6.30.